The fourth-order valence-corrected chi connectivity index (χ4v) is 4.65. The maximum atomic E-state index is 13.3. The van der Waals surface area contributed by atoms with Gasteiger partial charge in [-0.25, -0.2) is 5.01 Å². The molecule has 0 spiro atoms. The molecule has 3 heterocycles. The number of nitrogens with zero attached hydrogens (tertiary/aromatic N) is 4. The van der Waals surface area contributed by atoms with Gasteiger partial charge in [-0.05, 0) is 36.2 Å². The summed E-state index contributed by atoms with van der Waals surface area (Å²) in [6.07, 6.45) is 2.14. The minimum atomic E-state index is -0.531. The predicted octanol–water partition coefficient (Wildman–Crippen LogP) is 2.92. The molecule has 2 aliphatic heterocycles. The molecule has 0 unspecified atom stereocenters. The number of anilines is 1. The number of nitrogens with one attached hydrogen (secondary N) is 1. The third-order valence-electron chi connectivity index (χ3n) is 6.28. The van der Waals surface area contributed by atoms with E-state index >= 15 is 0 Å². The number of aromatic nitrogens is 1. The summed E-state index contributed by atoms with van der Waals surface area (Å²) < 4.78 is 0. The van der Waals surface area contributed by atoms with Crippen LogP contribution >= 0.6 is 0 Å². The Morgan fingerprint density at radius 2 is 1.84 bits per heavy atom. The maximum Gasteiger partial charge on any atom is 0.266 e. The molecule has 0 radical (unpaired) electrons. The predicted molar refractivity (Wildman–Crippen MR) is 121 cm³/mol. The van der Waals surface area contributed by atoms with Gasteiger partial charge < -0.3 is 14.8 Å². The highest BCUT2D eigenvalue weighted by atomic mass is 16.2. The number of fused-ring (bicyclic) bond motifs is 4. The van der Waals surface area contributed by atoms with E-state index in [1.165, 1.54) is 5.01 Å². The first-order valence-corrected chi connectivity index (χ1v) is 10.5. The molecule has 2 aliphatic rings. The molecule has 1 N–H and O–H groups in total. The average Bonchev–Trinajstić information content (AvgIpc) is 3.14. The van der Waals surface area contributed by atoms with E-state index in [-0.39, 0.29) is 24.4 Å². The first kappa shape index (κ1) is 19.4. The minimum absolute atomic E-state index is 0.0402. The van der Waals surface area contributed by atoms with Crippen LogP contribution < -0.4 is 4.90 Å². The normalized spacial score (nSPS) is 21.0. The Bertz CT molecular complexity index is 1190. The highest BCUT2D eigenvalue weighted by Gasteiger charge is 2.46. The number of hydrogen-bond donors (Lipinski definition) is 1. The summed E-state index contributed by atoms with van der Waals surface area (Å²) in [5.74, 6) is -0.218. The molecule has 31 heavy (non-hydrogen) atoms. The second-order valence-corrected chi connectivity index (χ2v) is 8.39. The van der Waals surface area contributed by atoms with Crippen LogP contribution in [0, 0.1) is 0 Å². The SMILES string of the molecule is C[C@H]1c2[nH]c3ccccc3c2C[C@H]2C(=O)N(/N=C/c3ccc(N(C)C)cc3)CC(=O)N21. The number of rotatable bonds is 3. The lowest BCUT2D eigenvalue weighted by Gasteiger charge is -2.44. The van der Waals surface area contributed by atoms with Crippen molar-refractivity contribution in [3.05, 3.63) is 65.4 Å². The van der Waals surface area contributed by atoms with E-state index < -0.39 is 6.04 Å². The molecule has 1 fully saturated rings. The van der Waals surface area contributed by atoms with Crippen LogP contribution in [-0.2, 0) is 16.0 Å². The Labute approximate surface area is 180 Å². The summed E-state index contributed by atoms with van der Waals surface area (Å²) >= 11 is 0. The van der Waals surface area contributed by atoms with Crippen molar-refractivity contribution in [2.45, 2.75) is 25.4 Å². The number of carbonyl (C=O) groups is 2. The summed E-state index contributed by atoms with van der Waals surface area (Å²) in [6, 6.07) is 15.3. The third-order valence-corrected chi connectivity index (χ3v) is 6.28. The fraction of sp³-hybridized carbons (Fsp3) is 0.292. The standard InChI is InChI=1S/C24H25N5O2/c1-15-23-19(18-6-4-5-7-20(18)26-23)12-21-24(31)28(14-22(30)29(15)21)25-13-16-8-10-17(11-9-16)27(2)3/h4-11,13,15,21,26H,12,14H2,1-3H3/b25-13+/t15-,21-/m0/s1. The molecule has 0 aliphatic carbocycles. The third kappa shape index (κ3) is 3.17. The second-order valence-electron chi connectivity index (χ2n) is 8.39. The average molecular weight is 415 g/mol. The van der Waals surface area contributed by atoms with Gasteiger partial charge >= 0.3 is 0 Å². The molecule has 2 aromatic carbocycles. The van der Waals surface area contributed by atoms with Crippen LogP contribution in [-0.4, -0.2) is 59.6 Å². The Kier molecular flexibility index (Phi) is 4.54. The van der Waals surface area contributed by atoms with Gasteiger partial charge in [0.1, 0.15) is 12.6 Å². The van der Waals surface area contributed by atoms with Gasteiger partial charge in [-0.3, -0.25) is 9.59 Å². The van der Waals surface area contributed by atoms with E-state index in [4.69, 9.17) is 0 Å². The highest BCUT2D eigenvalue weighted by molar-refractivity contribution is 5.97. The highest BCUT2D eigenvalue weighted by Crippen LogP contribution is 2.38. The van der Waals surface area contributed by atoms with Gasteiger partial charge in [0.2, 0.25) is 5.91 Å². The summed E-state index contributed by atoms with van der Waals surface area (Å²) in [4.78, 5) is 33.5. The number of hydrogen-bond acceptors (Lipinski definition) is 4. The minimum Gasteiger partial charge on any atom is -0.378 e. The summed E-state index contributed by atoms with van der Waals surface area (Å²) in [7, 11) is 3.97. The van der Waals surface area contributed by atoms with Gasteiger partial charge in [-0.2, -0.15) is 5.10 Å². The van der Waals surface area contributed by atoms with Crippen molar-refractivity contribution >= 4 is 34.6 Å². The van der Waals surface area contributed by atoms with Gasteiger partial charge in [0.15, 0.2) is 0 Å². The smallest absolute Gasteiger partial charge is 0.266 e. The largest absolute Gasteiger partial charge is 0.378 e. The lowest BCUT2D eigenvalue weighted by Crippen LogP contribution is -2.61. The van der Waals surface area contributed by atoms with E-state index in [0.717, 1.165) is 33.4 Å². The Balaban J connectivity index is 1.43. The molecule has 3 aromatic rings. The molecule has 1 saturated heterocycles. The summed E-state index contributed by atoms with van der Waals surface area (Å²) in [6.45, 7) is 1.94. The molecule has 1 aromatic heterocycles. The zero-order chi connectivity index (χ0) is 21.7. The number of amides is 2. The zero-order valence-electron chi connectivity index (χ0n) is 17.9. The van der Waals surface area contributed by atoms with Gasteiger partial charge in [-0.15, -0.1) is 0 Å². The van der Waals surface area contributed by atoms with Crippen molar-refractivity contribution in [3.63, 3.8) is 0 Å². The Hall–Kier alpha value is -3.61. The number of H-pyrrole nitrogens is 1. The molecule has 5 rings (SSSR count). The van der Waals surface area contributed by atoms with Crippen LogP contribution in [0.5, 0.6) is 0 Å². The van der Waals surface area contributed by atoms with Crippen molar-refractivity contribution in [1.29, 1.82) is 0 Å². The first-order valence-electron chi connectivity index (χ1n) is 10.5. The summed E-state index contributed by atoms with van der Waals surface area (Å²) in [5.41, 5.74) is 5.15. The number of hydrazone groups is 1. The number of aromatic amines is 1. The Morgan fingerprint density at radius 1 is 1.10 bits per heavy atom. The number of carbonyl (C=O) groups excluding carboxylic acids is 2. The lowest BCUT2D eigenvalue weighted by atomic mass is 9.90. The molecule has 2 atom stereocenters. The first-order chi connectivity index (χ1) is 14.9. The molecule has 158 valence electrons. The van der Waals surface area contributed by atoms with Crippen LogP contribution in [0.4, 0.5) is 5.69 Å². The maximum absolute atomic E-state index is 13.3. The topological polar surface area (TPSA) is 72.0 Å². The molecule has 0 saturated carbocycles. The summed E-state index contributed by atoms with van der Waals surface area (Å²) in [5, 5.41) is 6.80. The van der Waals surface area contributed by atoms with E-state index in [1.807, 2.05) is 68.4 Å². The van der Waals surface area contributed by atoms with Crippen LogP contribution in [0.1, 0.15) is 29.8 Å². The van der Waals surface area contributed by atoms with Crippen LogP contribution in [0.3, 0.4) is 0 Å². The second kappa shape index (κ2) is 7.27. The molecule has 7 nitrogen and oxygen atoms in total. The van der Waals surface area contributed by atoms with Crippen molar-refractivity contribution in [2.24, 2.45) is 5.10 Å². The van der Waals surface area contributed by atoms with E-state index in [0.29, 0.717) is 6.42 Å². The number of para-hydroxylation sites is 1. The molecule has 7 heteroatoms. The van der Waals surface area contributed by atoms with Gasteiger partial charge in [0.05, 0.1) is 12.3 Å². The van der Waals surface area contributed by atoms with Gasteiger partial charge in [-0.1, -0.05) is 30.3 Å². The molecular formula is C24H25N5O2. The van der Waals surface area contributed by atoms with Gasteiger partial charge in [0, 0.05) is 42.8 Å². The lowest BCUT2D eigenvalue weighted by molar-refractivity contribution is -0.159. The fourth-order valence-electron chi connectivity index (χ4n) is 4.65. The van der Waals surface area contributed by atoms with Gasteiger partial charge in [0.25, 0.3) is 5.91 Å². The number of piperazine rings is 1. The quantitative estimate of drug-likeness (QED) is 0.669. The van der Waals surface area contributed by atoms with E-state index in [1.54, 1.807) is 11.1 Å². The van der Waals surface area contributed by atoms with E-state index in [2.05, 4.69) is 16.2 Å². The van der Waals surface area contributed by atoms with Crippen molar-refractivity contribution < 1.29 is 9.59 Å². The number of benzene rings is 2. The Morgan fingerprint density at radius 3 is 2.58 bits per heavy atom. The van der Waals surface area contributed by atoms with Crippen molar-refractivity contribution in [2.75, 3.05) is 25.5 Å². The zero-order valence-corrected chi connectivity index (χ0v) is 17.9. The van der Waals surface area contributed by atoms with Crippen LogP contribution in [0.25, 0.3) is 10.9 Å². The monoisotopic (exact) mass is 415 g/mol. The van der Waals surface area contributed by atoms with Crippen LogP contribution in [0.2, 0.25) is 0 Å². The van der Waals surface area contributed by atoms with Crippen molar-refractivity contribution in [3.8, 4) is 0 Å². The molecular weight excluding hydrogens is 390 g/mol. The molecule has 2 amide bonds. The van der Waals surface area contributed by atoms with Crippen molar-refractivity contribution in [1.82, 2.24) is 14.9 Å². The molecule has 0 bridgehead atoms. The van der Waals surface area contributed by atoms with E-state index in [9.17, 15) is 9.59 Å². The van der Waals surface area contributed by atoms with Crippen LogP contribution in [0.15, 0.2) is 53.6 Å².